The maximum absolute atomic E-state index is 11.9. The van der Waals surface area contributed by atoms with Crippen LogP contribution in [0.4, 0.5) is 0 Å². The molecule has 0 saturated carbocycles. The third-order valence-corrected chi connectivity index (χ3v) is 2.94. The molecule has 0 radical (unpaired) electrons. The van der Waals surface area contributed by atoms with Gasteiger partial charge < -0.3 is 15.5 Å². The van der Waals surface area contributed by atoms with E-state index < -0.39 is 6.17 Å². The van der Waals surface area contributed by atoms with Gasteiger partial charge >= 0.3 is 5.63 Å². The molecule has 1 aromatic carbocycles. The molecular weight excluding hydrogens is 216 g/mol. The molecular formula is C13H12N2O2. The number of rotatable bonds is 0. The van der Waals surface area contributed by atoms with Crippen LogP contribution in [0.3, 0.4) is 0 Å². The van der Waals surface area contributed by atoms with Gasteiger partial charge in [-0.25, -0.2) is 4.79 Å². The van der Waals surface area contributed by atoms with E-state index in [1.54, 1.807) is 6.07 Å². The molecule has 1 aliphatic rings. The molecule has 0 bridgehead atoms. The minimum Gasteiger partial charge on any atom is -0.422 e. The lowest BCUT2D eigenvalue weighted by molar-refractivity contribution is 0.517. The van der Waals surface area contributed by atoms with Gasteiger partial charge in [-0.15, -0.1) is 0 Å². The fourth-order valence-corrected chi connectivity index (χ4v) is 2.21. The molecule has 2 heterocycles. The molecule has 4 heteroatoms. The molecule has 1 aromatic heterocycles. The van der Waals surface area contributed by atoms with Crippen LogP contribution in [0.2, 0.25) is 0 Å². The summed E-state index contributed by atoms with van der Waals surface area (Å²) < 4.78 is 5.26. The Balaban J connectivity index is 2.49. The smallest absolute Gasteiger partial charge is 0.343 e. The van der Waals surface area contributed by atoms with Crippen LogP contribution in [0.5, 0.6) is 0 Å². The lowest BCUT2D eigenvalue weighted by atomic mass is 9.99. The summed E-state index contributed by atoms with van der Waals surface area (Å²) >= 11 is 0. The summed E-state index contributed by atoms with van der Waals surface area (Å²) in [5, 5.41) is 3.93. The van der Waals surface area contributed by atoms with Crippen LogP contribution in [0.1, 0.15) is 24.2 Å². The lowest BCUT2D eigenvalue weighted by Gasteiger charge is -2.22. The molecule has 86 valence electrons. The van der Waals surface area contributed by atoms with E-state index >= 15 is 0 Å². The van der Waals surface area contributed by atoms with Crippen molar-refractivity contribution in [3.8, 4) is 0 Å². The van der Waals surface area contributed by atoms with E-state index in [1.165, 1.54) is 0 Å². The first-order valence-electron chi connectivity index (χ1n) is 5.43. The topological polar surface area (TPSA) is 68.3 Å². The van der Waals surface area contributed by atoms with Crippen molar-refractivity contribution in [2.75, 3.05) is 0 Å². The maximum Gasteiger partial charge on any atom is 0.343 e. The Kier molecular flexibility index (Phi) is 2.06. The van der Waals surface area contributed by atoms with Gasteiger partial charge in [0.05, 0.1) is 5.56 Å². The Morgan fingerprint density at radius 3 is 2.94 bits per heavy atom. The Morgan fingerprint density at radius 1 is 1.35 bits per heavy atom. The summed E-state index contributed by atoms with van der Waals surface area (Å²) in [5.74, 6) is 0. The molecule has 0 saturated heterocycles. The molecule has 0 aliphatic carbocycles. The number of nitrogens with one attached hydrogen (secondary N) is 1. The van der Waals surface area contributed by atoms with Crippen molar-refractivity contribution in [3.05, 3.63) is 51.5 Å². The summed E-state index contributed by atoms with van der Waals surface area (Å²) in [6.45, 7) is 1.92. The number of para-hydroxylation sites is 1. The molecule has 17 heavy (non-hydrogen) atoms. The molecule has 4 nitrogen and oxygen atoms in total. The fourth-order valence-electron chi connectivity index (χ4n) is 2.21. The molecule has 3 rings (SSSR count). The van der Waals surface area contributed by atoms with E-state index in [0.717, 1.165) is 16.6 Å². The minimum atomic E-state index is -0.504. The minimum absolute atomic E-state index is 0.373. The van der Waals surface area contributed by atoms with Crippen LogP contribution in [0.25, 0.3) is 17.0 Å². The second kappa shape index (κ2) is 3.46. The monoisotopic (exact) mass is 228 g/mol. The second-order valence-corrected chi connectivity index (χ2v) is 4.16. The van der Waals surface area contributed by atoms with Gasteiger partial charge in [0.25, 0.3) is 0 Å². The molecule has 1 aliphatic heterocycles. The summed E-state index contributed by atoms with van der Waals surface area (Å²) in [7, 11) is 0. The number of benzene rings is 1. The van der Waals surface area contributed by atoms with Crippen LogP contribution < -0.4 is 16.7 Å². The highest BCUT2D eigenvalue weighted by Gasteiger charge is 2.22. The molecule has 2 aromatic rings. The summed E-state index contributed by atoms with van der Waals surface area (Å²) in [5.41, 5.74) is 8.44. The van der Waals surface area contributed by atoms with E-state index in [-0.39, 0.29) is 5.63 Å². The van der Waals surface area contributed by atoms with Crippen molar-refractivity contribution < 1.29 is 4.42 Å². The van der Waals surface area contributed by atoms with Gasteiger partial charge in [0.2, 0.25) is 0 Å². The number of hydrogen-bond donors (Lipinski definition) is 2. The van der Waals surface area contributed by atoms with E-state index in [2.05, 4.69) is 5.32 Å². The van der Waals surface area contributed by atoms with Crippen molar-refractivity contribution >= 4 is 17.0 Å². The van der Waals surface area contributed by atoms with E-state index in [4.69, 9.17) is 10.2 Å². The largest absolute Gasteiger partial charge is 0.422 e. The highest BCUT2D eigenvalue weighted by Crippen LogP contribution is 2.27. The summed E-state index contributed by atoms with van der Waals surface area (Å²) in [6.07, 6.45) is 1.42. The molecule has 1 atom stereocenters. The average Bonchev–Trinajstić information content (AvgIpc) is 2.28. The third-order valence-electron chi connectivity index (χ3n) is 2.94. The van der Waals surface area contributed by atoms with Crippen LogP contribution in [0.15, 0.2) is 39.2 Å². The maximum atomic E-state index is 11.9. The average molecular weight is 228 g/mol. The van der Waals surface area contributed by atoms with E-state index in [1.807, 2.05) is 31.2 Å². The summed E-state index contributed by atoms with van der Waals surface area (Å²) in [6, 6.07) is 7.47. The zero-order valence-corrected chi connectivity index (χ0v) is 9.36. The van der Waals surface area contributed by atoms with Gasteiger partial charge in [-0.3, -0.25) is 0 Å². The second-order valence-electron chi connectivity index (χ2n) is 4.16. The Labute approximate surface area is 97.7 Å². The highest BCUT2D eigenvalue weighted by molar-refractivity contribution is 5.88. The Bertz CT molecular complexity index is 685. The highest BCUT2D eigenvalue weighted by atomic mass is 16.4. The number of hydrogen-bond acceptors (Lipinski definition) is 4. The van der Waals surface area contributed by atoms with Crippen molar-refractivity contribution in [1.29, 1.82) is 0 Å². The predicted octanol–water partition coefficient (Wildman–Crippen LogP) is 1.71. The van der Waals surface area contributed by atoms with Crippen LogP contribution in [-0.4, -0.2) is 0 Å². The summed E-state index contributed by atoms with van der Waals surface area (Å²) in [4.78, 5) is 11.9. The van der Waals surface area contributed by atoms with Crippen molar-refractivity contribution in [2.24, 2.45) is 5.73 Å². The Morgan fingerprint density at radius 2 is 2.12 bits per heavy atom. The first-order chi connectivity index (χ1) is 8.16. The number of fused-ring (bicyclic) bond motifs is 3. The lowest BCUT2D eigenvalue weighted by Crippen LogP contribution is -2.34. The first-order valence-corrected chi connectivity index (χ1v) is 5.43. The van der Waals surface area contributed by atoms with Gasteiger partial charge in [-0.2, -0.15) is 0 Å². The van der Waals surface area contributed by atoms with Gasteiger partial charge in [0.1, 0.15) is 11.7 Å². The fraction of sp³-hybridized carbons (Fsp3) is 0.154. The molecule has 0 amide bonds. The van der Waals surface area contributed by atoms with Crippen molar-refractivity contribution in [2.45, 2.75) is 13.1 Å². The van der Waals surface area contributed by atoms with Gasteiger partial charge in [-0.05, 0) is 19.1 Å². The van der Waals surface area contributed by atoms with Gasteiger partial charge in [0, 0.05) is 16.6 Å². The van der Waals surface area contributed by atoms with E-state index in [0.29, 0.717) is 11.1 Å². The number of allylic oxidation sites excluding steroid dienone is 1. The van der Waals surface area contributed by atoms with Crippen molar-refractivity contribution in [3.63, 3.8) is 0 Å². The van der Waals surface area contributed by atoms with Crippen LogP contribution in [0, 0.1) is 0 Å². The number of nitrogens with two attached hydrogens (primary N) is 1. The van der Waals surface area contributed by atoms with Gasteiger partial charge in [0.15, 0.2) is 0 Å². The van der Waals surface area contributed by atoms with Crippen molar-refractivity contribution in [1.82, 2.24) is 5.32 Å². The third kappa shape index (κ3) is 1.45. The molecule has 1 unspecified atom stereocenters. The van der Waals surface area contributed by atoms with Crippen LogP contribution >= 0.6 is 0 Å². The quantitative estimate of drug-likeness (QED) is 0.673. The van der Waals surface area contributed by atoms with Gasteiger partial charge in [-0.1, -0.05) is 18.2 Å². The molecule has 0 spiro atoms. The normalized spacial score (nSPS) is 18.5. The first kappa shape index (κ1) is 10.1. The van der Waals surface area contributed by atoms with E-state index in [9.17, 15) is 4.79 Å². The molecule has 3 N–H and O–H groups in total. The van der Waals surface area contributed by atoms with Crippen LogP contribution in [-0.2, 0) is 0 Å². The standard InChI is InChI=1S/C13H12N2O2/c1-7-6-9-8-4-2-3-5-10(8)17-13(16)11(9)12(14)15-7/h2-6,12,15H,14H2,1H3. The zero-order chi connectivity index (χ0) is 12.0. The predicted molar refractivity (Wildman–Crippen MR) is 66.2 cm³/mol. The molecule has 0 fully saturated rings. The SMILES string of the molecule is CC1=Cc2c(c(=O)oc3ccccc23)C(N)N1. The zero-order valence-electron chi connectivity index (χ0n) is 9.36. The Hall–Kier alpha value is -2.07.